The van der Waals surface area contributed by atoms with Crippen molar-refractivity contribution < 1.29 is 14.0 Å². The molecular weight excluding hydrogens is 323 g/mol. The lowest BCUT2D eigenvalue weighted by atomic mass is 10.1. The second-order valence-electron chi connectivity index (χ2n) is 4.87. The molecule has 6 nitrogen and oxygen atoms in total. The van der Waals surface area contributed by atoms with E-state index in [1.165, 1.54) is 12.1 Å². The van der Waals surface area contributed by atoms with Gasteiger partial charge in [-0.2, -0.15) is 0 Å². The second kappa shape index (κ2) is 11.7. The summed E-state index contributed by atoms with van der Waals surface area (Å²) >= 11 is 0. The summed E-state index contributed by atoms with van der Waals surface area (Å²) in [5.74, 6) is -0.572. The molecule has 0 fully saturated rings. The first-order chi connectivity index (χ1) is 10.6. The minimum absolute atomic E-state index is 0. The van der Waals surface area contributed by atoms with Crippen LogP contribution in [0.2, 0.25) is 0 Å². The van der Waals surface area contributed by atoms with Gasteiger partial charge < -0.3 is 21.7 Å². The Labute approximate surface area is 141 Å². The number of nitrogens with two attached hydrogens (primary N) is 1. The van der Waals surface area contributed by atoms with Crippen LogP contribution in [-0.4, -0.2) is 31.1 Å². The highest BCUT2D eigenvalue weighted by atomic mass is 35.5. The van der Waals surface area contributed by atoms with Crippen LogP contribution >= 0.6 is 12.4 Å². The fourth-order valence-electron chi connectivity index (χ4n) is 1.87. The van der Waals surface area contributed by atoms with Crippen LogP contribution in [0.3, 0.4) is 0 Å². The molecule has 3 amide bonds. The maximum absolute atomic E-state index is 12.8. The third-order valence-electron chi connectivity index (χ3n) is 3.01. The molecule has 1 rings (SSSR count). The largest absolute Gasteiger partial charge is 0.353 e. The molecular formula is C15H24ClFN4O2. The molecule has 0 saturated carbocycles. The number of hydrogen-bond acceptors (Lipinski definition) is 3. The van der Waals surface area contributed by atoms with Gasteiger partial charge in [0.1, 0.15) is 11.9 Å². The molecule has 1 atom stereocenters. The summed E-state index contributed by atoms with van der Waals surface area (Å²) in [5.41, 5.74) is 6.11. The quantitative estimate of drug-likeness (QED) is 0.571. The van der Waals surface area contributed by atoms with E-state index in [2.05, 4.69) is 16.0 Å². The van der Waals surface area contributed by atoms with Crippen LogP contribution in [0, 0.1) is 5.82 Å². The molecule has 0 aliphatic heterocycles. The number of carbonyl (C=O) groups is 2. The summed E-state index contributed by atoms with van der Waals surface area (Å²) in [7, 11) is 0. The Morgan fingerprint density at radius 3 is 2.43 bits per heavy atom. The zero-order chi connectivity index (χ0) is 16.4. The van der Waals surface area contributed by atoms with Crippen molar-refractivity contribution in [2.24, 2.45) is 5.73 Å². The van der Waals surface area contributed by atoms with E-state index in [0.29, 0.717) is 19.5 Å². The summed E-state index contributed by atoms with van der Waals surface area (Å²) in [5, 5.41) is 7.93. The minimum atomic E-state index is -0.593. The van der Waals surface area contributed by atoms with Crippen molar-refractivity contribution in [2.75, 3.05) is 13.1 Å². The lowest BCUT2D eigenvalue weighted by Crippen LogP contribution is -2.50. The number of nitrogens with one attached hydrogen (secondary N) is 3. The van der Waals surface area contributed by atoms with E-state index < -0.39 is 12.1 Å². The van der Waals surface area contributed by atoms with Crippen molar-refractivity contribution in [3.05, 3.63) is 35.6 Å². The third kappa shape index (κ3) is 8.37. The van der Waals surface area contributed by atoms with E-state index in [4.69, 9.17) is 5.73 Å². The molecule has 0 aliphatic rings. The summed E-state index contributed by atoms with van der Waals surface area (Å²) < 4.78 is 12.8. The number of amides is 3. The summed E-state index contributed by atoms with van der Waals surface area (Å²) in [6, 6.07) is 4.81. The molecule has 5 N–H and O–H groups in total. The second-order valence-corrected chi connectivity index (χ2v) is 4.87. The highest BCUT2D eigenvalue weighted by Crippen LogP contribution is 2.02. The highest BCUT2D eigenvalue weighted by molar-refractivity contribution is 5.87. The number of carbonyl (C=O) groups excluding carboxylic acids is 2. The minimum Gasteiger partial charge on any atom is -0.353 e. The Bertz CT molecular complexity index is 485. The van der Waals surface area contributed by atoms with Crippen LogP contribution in [0.15, 0.2) is 24.3 Å². The van der Waals surface area contributed by atoms with Crippen LogP contribution in [0.4, 0.5) is 9.18 Å². The average molecular weight is 347 g/mol. The Balaban J connectivity index is 0.00000484. The van der Waals surface area contributed by atoms with Gasteiger partial charge in [-0.3, -0.25) is 4.79 Å². The third-order valence-corrected chi connectivity index (χ3v) is 3.01. The summed E-state index contributed by atoms with van der Waals surface area (Å²) in [6.45, 7) is 2.91. The first-order valence-corrected chi connectivity index (χ1v) is 7.33. The average Bonchev–Trinajstić information content (AvgIpc) is 2.51. The smallest absolute Gasteiger partial charge is 0.315 e. The molecule has 0 spiro atoms. The van der Waals surface area contributed by atoms with Gasteiger partial charge in [0.2, 0.25) is 5.91 Å². The predicted molar refractivity (Wildman–Crippen MR) is 89.8 cm³/mol. The van der Waals surface area contributed by atoms with Gasteiger partial charge in [-0.1, -0.05) is 25.5 Å². The standard InChI is InChI=1S/C15H23FN4O2.ClH/c1-2-3-13(14(21)18-9-8-17)20-15(22)19-10-11-4-6-12(16)7-5-11;/h4-7,13H,2-3,8-10,17H2,1H3,(H,18,21)(H2,19,20,22);1H. The van der Waals surface area contributed by atoms with Crippen molar-refractivity contribution in [2.45, 2.75) is 32.4 Å². The van der Waals surface area contributed by atoms with E-state index in [1.54, 1.807) is 12.1 Å². The number of benzene rings is 1. The molecule has 1 unspecified atom stereocenters. The van der Waals surface area contributed by atoms with E-state index in [-0.39, 0.29) is 30.7 Å². The lowest BCUT2D eigenvalue weighted by Gasteiger charge is -2.18. The van der Waals surface area contributed by atoms with Crippen LogP contribution in [-0.2, 0) is 11.3 Å². The van der Waals surface area contributed by atoms with Crippen LogP contribution in [0.25, 0.3) is 0 Å². The molecule has 130 valence electrons. The SMILES string of the molecule is CCCC(NC(=O)NCc1ccc(F)cc1)C(=O)NCCN.Cl. The van der Waals surface area contributed by atoms with Gasteiger partial charge in [-0.25, -0.2) is 9.18 Å². The van der Waals surface area contributed by atoms with Crippen molar-refractivity contribution >= 4 is 24.3 Å². The molecule has 0 saturated heterocycles. The maximum atomic E-state index is 12.8. The van der Waals surface area contributed by atoms with E-state index >= 15 is 0 Å². The van der Waals surface area contributed by atoms with E-state index in [9.17, 15) is 14.0 Å². The van der Waals surface area contributed by atoms with Gasteiger partial charge in [0.15, 0.2) is 0 Å². The van der Waals surface area contributed by atoms with Gasteiger partial charge in [0.05, 0.1) is 0 Å². The van der Waals surface area contributed by atoms with Crippen LogP contribution < -0.4 is 21.7 Å². The van der Waals surface area contributed by atoms with Gasteiger partial charge in [-0.05, 0) is 24.1 Å². The first kappa shape index (κ1) is 21.1. The van der Waals surface area contributed by atoms with E-state index in [1.807, 2.05) is 6.92 Å². The Morgan fingerprint density at radius 1 is 1.22 bits per heavy atom. The number of urea groups is 1. The van der Waals surface area contributed by atoms with Gasteiger partial charge >= 0.3 is 6.03 Å². The first-order valence-electron chi connectivity index (χ1n) is 7.33. The van der Waals surface area contributed by atoms with E-state index in [0.717, 1.165) is 12.0 Å². The van der Waals surface area contributed by atoms with Crippen molar-refractivity contribution in [3.8, 4) is 0 Å². The number of halogens is 2. The van der Waals surface area contributed by atoms with Crippen LogP contribution in [0.1, 0.15) is 25.3 Å². The zero-order valence-electron chi connectivity index (χ0n) is 13.1. The molecule has 0 heterocycles. The Kier molecular flexibility index (Phi) is 10.7. The molecule has 0 aliphatic carbocycles. The summed E-state index contributed by atoms with van der Waals surface area (Å²) in [6.07, 6.45) is 1.30. The molecule has 1 aromatic rings. The number of rotatable bonds is 8. The molecule has 8 heteroatoms. The van der Waals surface area contributed by atoms with Crippen molar-refractivity contribution in [3.63, 3.8) is 0 Å². The predicted octanol–water partition coefficient (Wildman–Crippen LogP) is 1.29. The monoisotopic (exact) mass is 346 g/mol. The zero-order valence-corrected chi connectivity index (χ0v) is 13.9. The topological polar surface area (TPSA) is 96.2 Å². The Morgan fingerprint density at radius 2 is 1.87 bits per heavy atom. The van der Waals surface area contributed by atoms with Crippen molar-refractivity contribution in [1.29, 1.82) is 0 Å². The fraction of sp³-hybridized carbons (Fsp3) is 0.467. The summed E-state index contributed by atoms with van der Waals surface area (Å²) in [4.78, 5) is 23.7. The van der Waals surface area contributed by atoms with Gasteiger partial charge in [0.25, 0.3) is 0 Å². The van der Waals surface area contributed by atoms with Crippen LogP contribution in [0.5, 0.6) is 0 Å². The molecule has 1 aromatic carbocycles. The fourth-order valence-corrected chi connectivity index (χ4v) is 1.87. The van der Waals surface area contributed by atoms with Gasteiger partial charge in [-0.15, -0.1) is 12.4 Å². The maximum Gasteiger partial charge on any atom is 0.315 e. The molecule has 0 radical (unpaired) electrons. The lowest BCUT2D eigenvalue weighted by molar-refractivity contribution is -0.123. The molecule has 23 heavy (non-hydrogen) atoms. The molecule has 0 aromatic heterocycles. The van der Waals surface area contributed by atoms with Crippen molar-refractivity contribution in [1.82, 2.24) is 16.0 Å². The normalized spacial score (nSPS) is 11.1. The highest BCUT2D eigenvalue weighted by Gasteiger charge is 2.19. The molecule has 0 bridgehead atoms. The Hall–Kier alpha value is -1.86. The number of hydrogen-bond donors (Lipinski definition) is 4. The van der Waals surface area contributed by atoms with Gasteiger partial charge in [0, 0.05) is 19.6 Å².